The molecular formula is C17H17F2NO3. The lowest BCUT2D eigenvalue weighted by atomic mass is 10.1. The Kier molecular flexibility index (Phi) is 5.41. The predicted molar refractivity (Wildman–Crippen MR) is 80.7 cm³/mol. The first-order chi connectivity index (χ1) is 10.9. The van der Waals surface area contributed by atoms with Crippen LogP contribution in [-0.4, -0.2) is 22.2 Å². The van der Waals surface area contributed by atoms with Crippen LogP contribution in [0.1, 0.15) is 29.6 Å². The smallest absolute Gasteiger partial charge is 0.337 e. The highest BCUT2D eigenvalue weighted by molar-refractivity contribution is 5.73. The van der Waals surface area contributed by atoms with Crippen molar-refractivity contribution >= 4 is 5.97 Å². The number of carbonyl (C=O) groups is 1. The summed E-state index contributed by atoms with van der Waals surface area (Å²) in [6.45, 7) is 0. The maximum Gasteiger partial charge on any atom is 0.337 e. The molecule has 0 amide bonds. The lowest BCUT2D eigenvalue weighted by molar-refractivity contribution is -0.146. The van der Waals surface area contributed by atoms with Gasteiger partial charge >= 0.3 is 5.97 Å². The fourth-order valence-corrected chi connectivity index (χ4v) is 2.12. The lowest BCUT2D eigenvalue weighted by Gasteiger charge is -2.03. The van der Waals surface area contributed by atoms with Crippen LogP contribution in [0.3, 0.4) is 0 Å². The molecule has 0 saturated heterocycles. The van der Waals surface area contributed by atoms with Gasteiger partial charge in [0.2, 0.25) is 0 Å². The molecule has 1 aliphatic carbocycles. The maximum atomic E-state index is 12.7. The summed E-state index contributed by atoms with van der Waals surface area (Å²) >= 11 is 0. The third-order valence-electron chi connectivity index (χ3n) is 3.56. The Balaban J connectivity index is 0.000000168. The maximum absolute atomic E-state index is 12.7. The third kappa shape index (κ3) is 4.58. The van der Waals surface area contributed by atoms with Gasteiger partial charge in [-0.1, -0.05) is 36.4 Å². The topological polar surface area (TPSA) is 83.6 Å². The minimum absolute atomic E-state index is 0.134. The van der Waals surface area contributed by atoms with Gasteiger partial charge in [-0.15, -0.1) is 0 Å². The Labute approximate surface area is 132 Å². The molecule has 4 N–H and O–H groups in total. The SMILES string of the molecule is N[C@@H]1CC1c1ccc(F)c(F)c1.O=C(O)C(O)c1ccccc1. The summed E-state index contributed by atoms with van der Waals surface area (Å²) in [5.41, 5.74) is 6.78. The van der Waals surface area contributed by atoms with E-state index in [1.54, 1.807) is 36.4 Å². The highest BCUT2D eigenvalue weighted by Gasteiger charge is 2.35. The van der Waals surface area contributed by atoms with Gasteiger partial charge < -0.3 is 15.9 Å². The molecule has 1 aliphatic rings. The molecule has 0 heterocycles. The molecule has 0 bridgehead atoms. The predicted octanol–water partition coefficient (Wildman–Crippen LogP) is 2.58. The van der Waals surface area contributed by atoms with E-state index in [0.29, 0.717) is 5.56 Å². The van der Waals surface area contributed by atoms with Gasteiger partial charge in [0.1, 0.15) is 0 Å². The van der Waals surface area contributed by atoms with Gasteiger partial charge in [-0.2, -0.15) is 0 Å². The zero-order chi connectivity index (χ0) is 17.0. The average Bonchev–Trinajstić information content (AvgIpc) is 3.27. The van der Waals surface area contributed by atoms with Crippen LogP contribution in [0.4, 0.5) is 8.78 Å². The van der Waals surface area contributed by atoms with E-state index in [2.05, 4.69) is 0 Å². The van der Waals surface area contributed by atoms with Crippen LogP contribution in [0.25, 0.3) is 0 Å². The van der Waals surface area contributed by atoms with E-state index in [4.69, 9.17) is 15.9 Å². The molecule has 3 atom stereocenters. The third-order valence-corrected chi connectivity index (χ3v) is 3.56. The van der Waals surface area contributed by atoms with Crippen molar-refractivity contribution in [2.24, 2.45) is 5.73 Å². The molecule has 2 unspecified atom stereocenters. The largest absolute Gasteiger partial charge is 0.479 e. The fourth-order valence-electron chi connectivity index (χ4n) is 2.12. The molecule has 3 rings (SSSR count). The molecule has 1 saturated carbocycles. The summed E-state index contributed by atoms with van der Waals surface area (Å²) in [6.07, 6.45) is -0.526. The normalized spacial score (nSPS) is 20.2. The van der Waals surface area contributed by atoms with E-state index in [1.165, 1.54) is 6.07 Å². The minimum Gasteiger partial charge on any atom is -0.479 e. The minimum atomic E-state index is -1.41. The van der Waals surface area contributed by atoms with Gasteiger partial charge in [-0.3, -0.25) is 0 Å². The van der Waals surface area contributed by atoms with Crippen LogP contribution in [-0.2, 0) is 4.79 Å². The summed E-state index contributed by atoms with van der Waals surface area (Å²) < 4.78 is 25.2. The first-order valence-corrected chi connectivity index (χ1v) is 7.06. The lowest BCUT2D eigenvalue weighted by Crippen LogP contribution is -2.09. The van der Waals surface area contributed by atoms with Gasteiger partial charge in [0.25, 0.3) is 0 Å². The van der Waals surface area contributed by atoms with Gasteiger partial charge in [0.05, 0.1) is 0 Å². The van der Waals surface area contributed by atoms with E-state index >= 15 is 0 Å². The summed E-state index contributed by atoms with van der Waals surface area (Å²) in [6, 6.07) is 12.4. The van der Waals surface area contributed by atoms with E-state index in [0.717, 1.165) is 18.1 Å². The number of carboxylic acid groups (broad SMARTS) is 1. The summed E-state index contributed by atoms with van der Waals surface area (Å²) in [5.74, 6) is -2.57. The van der Waals surface area contributed by atoms with E-state index in [-0.39, 0.29) is 12.0 Å². The number of benzene rings is 2. The Morgan fingerprint density at radius 3 is 2.22 bits per heavy atom. The quantitative estimate of drug-likeness (QED) is 0.811. The summed E-state index contributed by atoms with van der Waals surface area (Å²) in [4.78, 5) is 10.2. The van der Waals surface area contributed by atoms with Crippen molar-refractivity contribution < 1.29 is 23.8 Å². The van der Waals surface area contributed by atoms with Crippen molar-refractivity contribution in [3.8, 4) is 0 Å². The Morgan fingerprint density at radius 2 is 1.74 bits per heavy atom. The number of aliphatic carboxylic acids is 1. The van der Waals surface area contributed by atoms with Crippen molar-refractivity contribution in [3.05, 3.63) is 71.3 Å². The second-order valence-electron chi connectivity index (χ2n) is 5.33. The van der Waals surface area contributed by atoms with Crippen LogP contribution in [0, 0.1) is 11.6 Å². The Bertz CT molecular complexity index is 679. The first-order valence-electron chi connectivity index (χ1n) is 7.06. The highest BCUT2D eigenvalue weighted by Crippen LogP contribution is 2.39. The molecule has 2 aromatic carbocycles. The van der Waals surface area contributed by atoms with Crippen LogP contribution >= 0.6 is 0 Å². The molecule has 23 heavy (non-hydrogen) atoms. The number of hydrogen-bond acceptors (Lipinski definition) is 3. The molecule has 2 aromatic rings. The Morgan fingerprint density at radius 1 is 1.13 bits per heavy atom. The highest BCUT2D eigenvalue weighted by atomic mass is 19.2. The summed E-state index contributed by atoms with van der Waals surface area (Å²) in [7, 11) is 0. The van der Waals surface area contributed by atoms with Gasteiger partial charge in [0.15, 0.2) is 17.7 Å². The number of halogens is 2. The van der Waals surface area contributed by atoms with Crippen molar-refractivity contribution in [2.75, 3.05) is 0 Å². The fraction of sp³-hybridized carbons (Fsp3) is 0.235. The molecular weight excluding hydrogens is 304 g/mol. The van der Waals surface area contributed by atoms with Crippen molar-refractivity contribution in [1.29, 1.82) is 0 Å². The van der Waals surface area contributed by atoms with Crippen LogP contribution < -0.4 is 5.73 Å². The van der Waals surface area contributed by atoms with Crippen LogP contribution in [0.15, 0.2) is 48.5 Å². The molecule has 1 fully saturated rings. The monoisotopic (exact) mass is 321 g/mol. The number of aliphatic hydroxyl groups is 1. The van der Waals surface area contributed by atoms with E-state index in [1.807, 2.05) is 0 Å². The first kappa shape index (κ1) is 17.1. The Hall–Kier alpha value is -2.31. The van der Waals surface area contributed by atoms with Crippen LogP contribution in [0.5, 0.6) is 0 Å². The van der Waals surface area contributed by atoms with E-state index < -0.39 is 23.7 Å². The summed E-state index contributed by atoms with van der Waals surface area (Å²) in [5, 5.41) is 17.4. The molecule has 6 heteroatoms. The average molecular weight is 321 g/mol. The number of aliphatic hydroxyl groups excluding tert-OH is 1. The van der Waals surface area contributed by atoms with Crippen LogP contribution in [0.2, 0.25) is 0 Å². The molecule has 0 radical (unpaired) electrons. The number of nitrogens with two attached hydrogens (primary N) is 1. The van der Waals surface area contributed by atoms with Crippen molar-refractivity contribution in [3.63, 3.8) is 0 Å². The van der Waals surface area contributed by atoms with Crippen molar-refractivity contribution in [1.82, 2.24) is 0 Å². The van der Waals surface area contributed by atoms with Gasteiger partial charge in [-0.05, 0) is 29.7 Å². The zero-order valence-corrected chi connectivity index (χ0v) is 12.2. The molecule has 122 valence electrons. The standard InChI is InChI=1S/C9H9F2N.C8H8O3/c10-7-2-1-5(3-8(7)11)6-4-9(6)12;9-7(8(10)11)6-4-2-1-3-5-6/h1-3,6,9H,4,12H2;1-5,7,9H,(H,10,11)/t6?,9-;/m1./s1. The van der Waals surface area contributed by atoms with E-state index in [9.17, 15) is 13.6 Å². The number of rotatable bonds is 3. The second kappa shape index (κ2) is 7.30. The molecule has 0 aliphatic heterocycles. The second-order valence-corrected chi connectivity index (χ2v) is 5.33. The van der Waals surface area contributed by atoms with Gasteiger partial charge in [0, 0.05) is 12.0 Å². The van der Waals surface area contributed by atoms with Gasteiger partial charge in [-0.25, -0.2) is 13.6 Å². The number of hydrogen-bond donors (Lipinski definition) is 3. The van der Waals surface area contributed by atoms with Crippen molar-refractivity contribution in [2.45, 2.75) is 24.5 Å². The molecule has 4 nitrogen and oxygen atoms in total. The molecule has 0 spiro atoms. The zero-order valence-electron chi connectivity index (χ0n) is 12.2. The molecule has 0 aromatic heterocycles. The number of carboxylic acids is 1.